The molecule has 290 valence electrons. The van der Waals surface area contributed by atoms with Gasteiger partial charge in [-0.05, 0) is 73.9 Å². The number of benzene rings is 2. The molecule has 0 bridgehead atoms. The van der Waals surface area contributed by atoms with Crippen LogP contribution in [0.5, 0.6) is 0 Å². The Balaban J connectivity index is 1.08. The summed E-state index contributed by atoms with van der Waals surface area (Å²) in [7, 11) is 2.75. The van der Waals surface area contributed by atoms with E-state index in [4.69, 9.17) is 23.9 Å². The summed E-state index contributed by atoms with van der Waals surface area (Å²) < 4.78 is 16.5. The van der Waals surface area contributed by atoms with E-state index in [-0.39, 0.29) is 35.7 Å². The summed E-state index contributed by atoms with van der Waals surface area (Å²) in [4.78, 5) is 75.8. The minimum absolute atomic E-state index is 0.127. The second-order valence-electron chi connectivity index (χ2n) is 14.8. The van der Waals surface area contributed by atoms with Crippen LogP contribution in [0.2, 0.25) is 0 Å². The van der Waals surface area contributed by atoms with Gasteiger partial charge in [0.1, 0.15) is 17.7 Å². The van der Waals surface area contributed by atoms with Crippen molar-refractivity contribution >= 4 is 46.1 Å². The van der Waals surface area contributed by atoms with Crippen molar-refractivity contribution in [1.29, 1.82) is 0 Å². The number of rotatable bonds is 10. The van der Waals surface area contributed by atoms with E-state index in [1.54, 1.807) is 16.0 Å². The summed E-state index contributed by atoms with van der Waals surface area (Å²) in [6, 6.07) is 10.3. The molecule has 16 heteroatoms. The summed E-state index contributed by atoms with van der Waals surface area (Å²) in [5, 5.41) is 5.12. The Kier molecular flexibility index (Phi) is 10.5. The molecule has 7 rings (SSSR count). The van der Waals surface area contributed by atoms with Gasteiger partial charge >= 0.3 is 12.2 Å². The summed E-state index contributed by atoms with van der Waals surface area (Å²) in [6.45, 7) is 8.60. The molecule has 5 aromatic rings. The Morgan fingerprint density at radius 2 is 1.40 bits per heavy atom. The smallest absolute Gasteiger partial charge is 0.407 e. The zero-order valence-corrected chi connectivity index (χ0v) is 31.8. The lowest BCUT2D eigenvalue weighted by Gasteiger charge is -2.29. The number of H-pyrrole nitrogens is 2. The van der Waals surface area contributed by atoms with E-state index in [0.717, 1.165) is 58.9 Å². The highest BCUT2D eigenvalue weighted by Crippen LogP contribution is 2.36. The van der Waals surface area contributed by atoms with E-state index in [9.17, 15) is 19.2 Å². The molecule has 3 aromatic heterocycles. The maximum atomic E-state index is 13.6. The fourth-order valence-electron chi connectivity index (χ4n) is 7.52. The van der Waals surface area contributed by atoms with Gasteiger partial charge in [-0.1, -0.05) is 27.7 Å². The van der Waals surface area contributed by atoms with Crippen molar-refractivity contribution in [2.24, 2.45) is 11.8 Å². The van der Waals surface area contributed by atoms with Crippen LogP contribution in [0.4, 0.5) is 9.59 Å². The number of aromatic nitrogens is 5. The van der Waals surface area contributed by atoms with Crippen LogP contribution in [0.1, 0.15) is 77.1 Å². The Hall–Kier alpha value is -5.93. The van der Waals surface area contributed by atoms with Crippen LogP contribution < -0.4 is 10.6 Å². The minimum atomic E-state index is -0.901. The molecule has 2 saturated heterocycles. The van der Waals surface area contributed by atoms with Crippen molar-refractivity contribution in [3.63, 3.8) is 0 Å². The Morgan fingerprint density at radius 3 is 1.96 bits per heavy atom. The number of oxazole rings is 1. The van der Waals surface area contributed by atoms with Crippen LogP contribution in [0.3, 0.4) is 0 Å². The van der Waals surface area contributed by atoms with Crippen LogP contribution in [0.25, 0.3) is 44.8 Å². The van der Waals surface area contributed by atoms with Crippen molar-refractivity contribution in [2.75, 3.05) is 27.2 Å². The first-order chi connectivity index (χ1) is 26.4. The van der Waals surface area contributed by atoms with Crippen molar-refractivity contribution in [1.82, 2.24) is 45.4 Å². The molecule has 0 unspecified atom stereocenters. The van der Waals surface area contributed by atoms with Crippen LogP contribution in [0, 0.1) is 11.8 Å². The molecule has 55 heavy (non-hydrogen) atoms. The highest BCUT2D eigenvalue weighted by Gasteiger charge is 2.39. The van der Waals surface area contributed by atoms with Crippen LogP contribution >= 0.6 is 0 Å². The zero-order valence-electron chi connectivity index (χ0n) is 31.8. The molecule has 2 aromatic carbocycles. The van der Waals surface area contributed by atoms with Crippen LogP contribution in [-0.2, 0) is 19.1 Å². The number of nitrogens with zero attached hydrogens (tertiary/aromatic N) is 5. The Labute approximate surface area is 317 Å². The maximum absolute atomic E-state index is 13.6. The Morgan fingerprint density at radius 1 is 0.818 bits per heavy atom. The van der Waals surface area contributed by atoms with Gasteiger partial charge in [0.05, 0.1) is 47.5 Å². The number of carbonyl (C=O) groups excluding carboxylic acids is 4. The summed E-state index contributed by atoms with van der Waals surface area (Å²) in [6.07, 6.45) is 2.61. The van der Waals surface area contributed by atoms with Crippen molar-refractivity contribution in [3.05, 3.63) is 54.2 Å². The largest absolute Gasteiger partial charge is 0.453 e. The number of ether oxygens (including phenoxy) is 2. The summed E-state index contributed by atoms with van der Waals surface area (Å²) in [5.74, 6) is 1.64. The zero-order chi connectivity index (χ0) is 39.0. The molecule has 4 atom stereocenters. The van der Waals surface area contributed by atoms with Gasteiger partial charge in [0.2, 0.25) is 11.8 Å². The second-order valence-corrected chi connectivity index (χ2v) is 14.8. The van der Waals surface area contributed by atoms with E-state index in [1.807, 2.05) is 64.1 Å². The number of alkyl carbamates (subject to hydrolysis) is 2. The number of imidazole rings is 2. The summed E-state index contributed by atoms with van der Waals surface area (Å²) >= 11 is 0. The van der Waals surface area contributed by atoms with Gasteiger partial charge in [0.15, 0.2) is 11.9 Å². The molecule has 2 aliphatic rings. The quantitative estimate of drug-likeness (QED) is 0.134. The van der Waals surface area contributed by atoms with Gasteiger partial charge in [-0.25, -0.2) is 24.5 Å². The van der Waals surface area contributed by atoms with Gasteiger partial charge in [0.25, 0.3) is 5.91 Å². The normalized spacial score (nSPS) is 18.3. The van der Waals surface area contributed by atoms with Crippen LogP contribution in [0.15, 0.2) is 47.0 Å². The molecule has 0 aliphatic carbocycles. The fraction of sp³-hybridized carbons (Fsp3) is 0.462. The number of aromatic amines is 2. The second kappa shape index (κ2) is 15.4. The molecule has 2 aliphatic heterocycles. The number of hydrogen-bond donors (Lipinski definition) is 4. The third-order valence-electron chi connectivity index (χ3n) is 10.4. The lowest BCUT2D eigenvalue weighted by atomic mass is 10.0. The van der Waals surface area contributed by atoms with Gasteiger partial charge in [-0.2, -0.15) is 0 Å². The van der Waals surface area contributed by atoms with Gasteiger partial charge in [-0.15, -0.1) is 0 Å². The first-order valence-corrected chi connectivity index (χ1v) is 18.7. The molecule has 5 heterocycles. The first-order valence-electron chi connectivity index (χ1n) is 18.7. The van der Waals surface area contributed by atoms with E-state index >= 15 is 0 Å². The Bertz CT molecular complexity index is 2070. The highest BCUT2D eigenvalue weighted by molar-refractivity contribution is 5.87. The van der Waals surface area contributed by atoms with E-state index in [0.29, 0.717) is 36.4 Å². The SMILES string of the molecule is CNC(=O)O[C@H](C(=O)N1CCC[C@H]1c1nc2ccc(-c3cnc(-c4ccc5nc([C@@H]6CCCN6C(=O)[C@@H](NC(=O)OC)C(C)C)[nH]c5c4)o3)cc2[nH]1)C(C)C. The van der Waals surface area contributed by atoms with Gasteiger partial charge in [0, 0.05) is 31.3 Å². The maximum Gasteiger partial charge on any atom is 0.407 e. The predicted molar refractivity (Wildman–Crippen MR) is 202 cm³/mol. The number of likely N-dealkylation sites (tertiary alicyclic amines) is 2. The third kappa shape index (κ3) is 7.44. The number of hydrogen-bond acceptors (Lipinski definition) is 10. The molecule has 16 nitrogen and oxygen atoms in total. The lowest BCUT2D eigenvalue weighted by Crippen LogP contribution is -2.51. The van der Waals surface area contributed by atoms with Crippen LogP contribution in [-0.4, -0.2) is 98.1 Å². The molecule has 2 fully saturated rings. The number of amides is 4. The molecule has 4 amide bonds. The first kappa shape index (κ1) is 37.4. The number of fused-ring (bicyclic) bond motifs is 2. The number of nitrogens with one attached hydrogen (secondary N) is 4. The van der Waals surface area contributed by atoms with E-state index in [1.165, 1.54) is 14.2 Å². The summed E-state index contributed by atoms with van der Waals surface area (Å²) in [5.41, 5.74) is 4.63. The molecule has 0 saturated carbocycles. The fourth-order valence-corrected chi connectivity index (χ4v) is 7.52. The van der Waals surface area contributed by atoms with Gasteiger partial charge in [-0.3, -0.25) is 9.59 Å². The molecule has 4 N–H and O–H groups in total. The highest BCUT2D eigenvalue weighted by atomic mass is 16.6. The van der Waals surface area contributed by atoms with Crippen molar-refractivity contribution in [3.8, 4) is 22.8 Å². The number of carbonyl (C=O) groups is 4. The average Bonchev–Trinajstić information content (AvgIpc) is 4.02. The molecular weight excluding hydrogens is 706 g/mol. The lowest BCUT2D eigenvalue weighted by molar-refractivity contribution is -0.143. The number of methoxy groups -OCH3 is 1. The monoisotopic (exact) mass is 753 g/mol. The average molecular weight is 754 g/mol. The van der Waals surface area contributed by atoms with Gasteiger partial charge < -0.3 is 44.3 Å². The standard InChI is InChI=1S/C39H47N9O7/c1-20(2)31(46-39(52)53-6)36(49)47-15-7-9-28(47)33-43-25-14-12-23(18-27(25)45-33)35-41-19-30(54-35)22-11-13-24-26(17-22)44-34(42-24)29-10-8-16-48(29)37(50)32(21(3)4)55-38(51)40-5/h11-14,17-21,28-29,31-32H,7-10,15-16H2,1-6H3,(H,40,51)(H,42,44)(H,43,45)(H,46,52)/t28-,29-,31-,32-/m0/s1. The predicted octanol–water partition coefficient (Wildman–Crippen LogP) is 5.85. The molecule has 0 spiro atoms. The molecule has 0 radical (unpaired) electrons. The minimum Gasteiger partial charge on any atom is -0.453 e. The van der Waals surface area contributed by atoms with Crippen molar-refractivity contribution < 1.29 is 33.1 Å². The van der Waals surface area contributed by atoms with E-state index in [2.05, 4.69) is 25.6 Å². The third-order valence-corrected chi connectivity index (χ3v) is 10.4. The topological polar surface area (TPSA) is 201 Å². The van der Waals surface area contributed by atoms with Crippen molar-refractivity contribution in [2.45, 2.75) is 77.6 Å². The molecular formula is C39H47N9O7. The van der Waals surface area contributed by atoms with E-state index < -0.39 is 24.3 Å².